The Labute approximate surface area is 139 Å². The molecule has 0 aliphatic carbocycles. The van der Waals surface area contributed by atoms with E-state index in [1.165, 1.54) is 32.6 Å². The second-order valence-corrected chi connectivity index (χ2v) is 6.49. The van der Waals surface area contributed by atoms with Gasteiger partial charge in [0.2, 0.25) is 0 Å². The van der Waals surface area contributed by atoms with Gasteiger partial charge in [-0.25, -0.2) is 0 Å². The number of halogens is 1. The van der Waals surface area contributed by atoms with Crippen LogP contribution in [0.5, 0.6) is 11.5 Å². The molecule has 0 fully saturated rings. The molecule has 0 spiro atoms. The molecule has 122 valence electrons. The van der Waals surface area contributed by atoms with Crippen LogP contribution in [0.1, 0.15) is 5.56 Å². The fourth-order valence-electron chi connectivity index (χ4n) is 1.80. The maximum atomic E-state index is 12.4. The largest absolute Gasteiger partial charge is 0.497 e. The highest BCUT2D eigenvalue weighted by Crippen LogP contribution is 2.27. The van der Waals surface area contributed by atoms with Gasteiger partial charge in [0.15, 0.2) is 0 Å². The molecule has 0 bridgehead atoms. The Bertz CT molecular complexity index is 822. The lowest BCUT2D eigenvalue weighted by molar-refractivity contribution is 0.392. The fraction of sp³-hybridized carbons (Fsp3) is 0.133. The summed E-state index contributed by atoms with van der Waals surface area (Å²) in [5.41, 5.74) is 0.665. The number of nitrogens with zero attached hydrogens (tertiary/aromatic N) is 1. The van der Waals surface area contributed by atoms with Crippen molar-refractivity contribution in [2.24, 2.45) is 5.10 Å². The summed E-state index contributed by atoms with van der Waals surface area (Å²) in [6, 6.07) is 11.3. The topological polar surface area (TPSA) is 77.0 Å². The van der Waals surface area contributed by atoms with Gasteiger partial charge in [-0.3, -0.25) is 0 Å². The molecule has 0 radical (unpaired) electrons. The quantitative estimate of drug-likeness (QED) is 0.639. The van der Waals surface area contributed by atoms with Crippen LogP contribution < -0.4 is 14.3 Å². The SMILES string of the molecule is COc1ccc(OC)c(S(=O)(=O)N/N=C/c2cccc(Cl)c2)c1. The van der Waals surface area contributed by atoms with E-state index in [0.29, 0.717) is 16.3 Å². The van der Waals surface area contributed by atoms with Crippen molar-refractivity contribution >= 4 is 27.8 Å². The highest BCUT2D eigenvalue weighted by Gasteiger charge is 2.19. The second-order valence-electron chi connectivity index (χ2n) is 4.42. The standard InChI is InChI=1S/C15H15ClN2O4S/c1-21-13-6-7-14(22-2)15(9-13)23(19,20)18-17-10-11-4-3-5-12(16)8-11/h3-10,18H,1-2H3/b17-10+. The minimum Gasteiger partial charge on any atom is -0.497 e. The van der Waals surface area contributed by atoms with Crippen LogP contribution in [0, 0.1) is 0 Å². The predicted molar refractivity (Wildman–Crippen MR) is 88.9 cm³/mol. The summed E-state index contributed by atoms with van der Waals surface area (Å²) in [5, 5.41) is 4.28. The number of hydrazone groups is 1. The first-order chi connectivity index (χ1) is 11.0. The molecular formula is C15H15ClN2O4S. The summed E-state index contributed by atoms with van der Waals surface area (Å²) in [6.07, 6.45) is 1.36. The Balaban J connectivity index is 2.25. The van der Waals surface area contributed by atoms with E-state index in [1.54, 1.807) is 30.3 Å². The predicted octanol–water partition coefficient (Wildman–Crippen LogP) is 2.67. The van der Waals surface area contributed by atoms with Gasteiger partial charge in [-0.15, -0.1) is 0 Å². The van der Waals surface area contributed by atoms with E-state index in [1.807, 2.05) is 0 Å². The van der Waals surface area contributed by atoms with E-state index >= 15 is 0 Å². The molecule has 2 rings (SSSR count). The van der Waals surface area contributed by atoms with Gasteiger partial charge >= 0.3 is 0 Å². The van der Waals surface area contributed by atoms with Crippen LogP contribution in [0.25, 0.3) is 0 Å². The molecular weight excluding hydrogens is 340 g/mol. The third-order valence-electron chi connectivity index (χ3n) is 2.90. The zero-order chi connectivity index (χ0) is 16.9. The Kier molecular flexibility index (Phi) is 5.46. The average molecular weight is 355 g/mol. The molecule has 2 aromatic rings. The van der Waals surface area contributed by atoms with Gasteiger partial charge < -0.3 is 9.47 Å². The van der Waals surface area contributed by atoms with Gasteiger partial charge in [0, 0.05) is 11.1 Å². The third kappa shape index (κ3) is 4.37. The number of rotatable bonds is 6. The maximum absolute atomic E-state index is 12.4. The van der Waals surface area contributed by atoms with Crippen LogP contribution in [-0.4, -0.2) is 28.9 Å². The third-order valence-corrected chi connectivity index (χ3v) is 4.37. The van der Waals surface area contributed by atoms with Gasteiger partial charge in [-0.1, -0.05) is 23.7 Å². The molecule has 0 aliphatic rings. The zero-order valence-corrected chi connectivity index (χ0v) is 14.1. The van der Waals surface area contributed by atoms with E-state index in [4.69, 9.17) is 21.1 Å². The zero-order valence-electron chi connectivity index (χ0n) is 12.5. The number of hydrogen-bond donors (Lipinski definition) is 1. The average Bonchev–Trinajstić information content (AvgIpc) is 2.54. The highest BCUT2D eigenvalue weighted by molar-refractivity contribution is 7.89. The van der Waals surface area contributed by atoms with Crippen molar-refractivity contribution in [1.29, 1.82) is 0 Å². The monoisotopic (exact) mass is 354 g/mol. The van der Waals surface area contributed by atoms with Crippen LogP contribution in [-0.2, 0) is 10.0 Å². The van der Waals surface area contributed by atoms with Crippen molar-refractivity contribution in [2.45, 2.75) is 4.90 Å². The molecule has 23 heavy (non-hydrogen) atoms. The van der Waals surface area contributed by atoms with Crippen LogP contribution in [0.2, 0.25) is 5.02 Å². The van der Waals surface area contributed by atoms with Gasteiger partial charge in [0.05, 0.1) is 20.4 Å². The van der Waals surface area contributed by atoms with Crippen LogP contribution in [0.3, 0.4) is 0 Å². The van der Waals surface area contributed by atoms with E-state index in [9.17, 15) is 8.42 Å². The minimum atomic E-state index is -3.90. The van der Waals surface area contributed by atoms with Crippen molar-refractivity contribution in [3.63, 3.8) is 0 Å². The molecule has 0 saturated carbocycles. The summed E-state index contributed by atoms with van der Waals surface area (Å²) in [6.45, 7) is 0. The van der Waals surface area contributed by atoms with Gasteiger partial charge in [0.25, 0.3) is 10.0 Å². The van der Waals surface area contributed by atoms with Gasteiger partial charge in [-0.05, 0) is 29.8 Å². The van der Waals surface area contributed by atoms with E-state index in [0.717, 1.165) is 0 Å². The Morgan fingerprint density at radius 3 is 2.57 bits per heavy atom. The van der Waals surface area contributed by atoms with Crippen molar-refractivity contribution in [1.82, 2.24) is 4.83 Å². The van der Waals surface area contributed by atoms with E-state index in [-0.39, 0.29) is 10.6 Å². The number of benzene rings is 2. The molecule has 0 aliphatic heterocycles. The molecule has 0 atom stereocenters. The molecule has 0 amide bonds. The van der Waals surface area contributed by atoms with Crippen molar-refractivity contribution in [3.8, 4) is 11.5 Å². The van der Waals surface area contributed by atoms with Crippen LogP contribution in [0.4, 0.5) is 0 Å². The number of nitrogens with one attached hydrogen (secondary N) is 1. The number of methoxy groups -OCH3 is 2. The van der Waals surface area contributed by atoms with Crippen molar-refractivity contribution in [3.05, 3.63) is 53.1 Å². The van der Waals surface area contributed by atoms with Gasteiger partial charge in [-0.2, -0.15) is 18.4 Å². The Morgan fingerprint density at radius 2 is 1.91 bits per heavy atom. The summed E-state index contributed by atoms with van der Waals surface area (Å²) < 4.78 is 34.8. The lowest BCUT2D eigenvalue weighted by Crippen LogP contribution is -2.19. The Hall–Kier alpha value is -2.25. The van der Waals surface area contributed by atoms with E-state index < -0.39 is 10.0 Å². The lowest BCUT2D eigenvalue weighted by atomic mass is 10.2. The molecule has 0 saturated heterocycles. The summed E-state index contributed by atoms with van der Waals surface area (Å²) in [7, 11) is -1.07. The normalized spacial score (nSPS) is 11.4. The second kappa shape index (κ2) is 7.34. The van der Waals surface area contributed by atoms with Crippen molar-refractivity contribution in [2.75, 3.05) is 14.2 Å². The molecule has 0 heterocycles. The number of sulfonamides is 1. The smallest absolute Gasteiger partial charge is 0.280 e. The first kappa shape index (κ1) is 17.1. The number of hydrogen-bond acceptors (Lipinski definition) is 5. The molecule has 0 unspecified atom stereocenters. The fourth-order valence-corrected chi connectivity index (χ4v) is 2.98. The number of ether oxygens (including phenoxy) is 2. The first-order valence-corrected chi connectivity index (χ1v) is 8.35. The molecule has 8 heteroatoms. The molecule has 2 aromatic carbocycles. The highest BCUT2D eigenvalue weighted by atomic mass is 35.5. The molecule has 6 nitrogen and oxygen atoms in total. The Morgan fingerprint density at radius 1 is 1.13 bits per heavy atom. The van der Waals surface area contributed by atoms with Gasteiger partial charge in [0.1, 0.15) is 16.4 Å². The lowest BCUT2D eigenvalue weighted by Gasteiger charge is -2.10. The molecule has 0 aromatic heterocycles. The first-order valence-electron chi connectivity index (χ1n) is 6.49. The van der Waals surface area contributed by atoms with E-state index in [2.05, 4.69) is 9.93 Å². The minimum absolute atomic E-state index is 0.0670. The molecule has 1 N–H and O–H groups in total. The maximum Gasteiger partial charge on any atom is 0.280 e. The summed E-state index contributed by atoms with van der Waals surface area (Å²) in [5.74, 6) is 0.584. The van der Waals surface area contributed by atoms with Crippen LogP contribution in [0.15, 0.2) is 52.5 Å². The van der Waals surface area contributed by atoms with Crippen molar-refractivity contribution < 1.29 is 17.9 Å². The summed E-state index contributed by atoms with van der Waals surface area (Å²) in [4.78, 5) is 2.07. The summed E-state index contributed by atoms with van der Waals surface area (Å²) >= 11 is 5.85. The van der Waals surface area contributed by atoms with Crippen LogP contribution >= 0.6 is 11.6 Å².